The van der Waals surface area contributed by atoms with E-state index in [4.69, 9.17) is 4.74 Å². The fourth-order valence-corrected chi connectivity index (χ4v) is 1.57. The number of nitrogens with zero attached hydrogens (tertiary/aromatic N) is 1. The van der Waals surface area contributed by atoms with E-state index < -0.39 is 0 Å². The lowest BCUT2D eigenvalue weighted by atomic mass is 10.3. The molecule has 0 unspecified atom stereocenters. The number of hydrogen-bond donors (Lipinski definition) is 1. The zero-order chi connectivity index (χ0) is 13.4. The molecule has 2 amide bonds. The molecule has 0 heterocycles. The maximum Gasteiger partial charge on any atom is 0.321 e. The van der Waals surface area contributed by atoms with Crippen molar-refractivity contribution in [1.29, 1.82) is 0 Å². The van der Waals surface area contributed by atoms with Crippen molar-refractivity contribution in [2.75, 3.05) is 25.0 Å². The summed E-state index contributed by atoms with van der Waals surface area (Å²) in [5, 5.41) is 2.86. The Morgan fingerprint density at radius 2 is 1.78 bits per heavy atom. The molecule has 0 aliphatic rings. The van der Waals surface area contributed by atoms with Crippen molar-refractivity contribution in [2.24, 2.45) is 0 Å². The van der Waals surface area contributed by atoms with E-state index in [1.807, 2.05) is 38.1 Å². The average molecular weight is 250 g/mol. The molecule has 0 saturated carbocycles. The fraction of sp³-hybridized carbons (Fsp3) is 0.500. The predicted octanol–water partition coefficient (Wildman–Crippen LogP) is 3.35. The molecular weight excluding hydrogens is 228 g/mol. The molecule has 0 bridgehead atoms. The third kappa shape index (κ3) is 4.28. The van der Waals surface area contributed by atoms with E-state index in [-0.39, 0.29) is 6.03 Å². The predicted molar refractivity (Wildman–Crippen MR) is 74.2 cm³/mol. The number of anilines is 1. The lowest BCUT2D eigenvalue weighted by Gasteiger charge is -2.19. The molecule has 18 heavy (non-hydrogen) atoms. The lowest BCUT2D eigenvalue weighted by molar-refractivity contribution is 0.217. The van der Waals surface area contributed by atoms with Gasteiger partial charge >= 0.3 is 6.03 Å². The van der Waals surface area contributed by atoms with E-state index in [9.17, 15) is 4.79 Å². The van der Waals surface area contributed by atoms with Gasteiger partial charge in [0.15, 0.2) is 0 Å². The highest BCUT2D eigenvalue weighted by atomic mass is 16.5. The first-order chi connectivity index (χ1) is 8.71. The number of benzene rings is 1. The smallest absolute Gasteiger partial charge is 0.321 e. The van der Waals surface area contributed by atoms with Crippen molar-refractivity contribution in [3.63, 3.8) is 0 Å². The van der Waals surface area contributed by atoms with Gasteiger partial charge in [-0.05, 0) is 44.5 Å². The van der Waals surface area contributed by atoms with Gasteiger partial charge in [0.2, 0.25) is 0 Å². The third-order valence-electron chi connectivity index (χ3n) is 2.63. The average Bonchev–Trinajstić information content (AvgIpc) is 2.39. The van der Waals surface area contributed by atoms with Crippen LogP contribution in [0.1, 0.15) is 27.2 Å². The quantitative estimate of drug-likeness (QED) is 0.841. The zero-order valence-corrected chi connectivity index (χ0v) is 11.4. The highest BCUT2D eigenvalue weighted by Crippen LogP contribution is 2.16. The van der Waals surface area contributed by atoms with Crippen molar-refractivity contribution in [3.05, 3.63) is 24.3 Å². The molecule has 1 N–H and O–H groups in total. The minimum absolute atomic E-state index is 0.0674. The highest BCUT2D eigenvalue weighted by molar-refractivity contribution is 5.89. The maximum absolute atomic E-state index is 11.8. The largest absolute Gasteiger partial charge is 0.494 e. The Bertz CT molecular complexity index is 359. The normalized spacial score (nSPS) is 9.94. The zero-order valence-electron chi connectivity index (χ0n) is 11.4. The van der Waals surface area contributed by atoms with Crippen LogP contribution in [-0.4, -0.2) is 30.6 Å². The summed E-state index contributed by atoms with van der Waals surface area (Å²) in [6.45, 7) is 8.12. The van der Waals surface area contributed by atoms with Crippen LogP contribution < -0.4 is 10.1 Å². The molecule has 4 nitrogen and oxygen atoms in total. The molecule has 0 radical (unpaired) electrons. The van der Waals surface area contributed by atoms with E-state index in [2.05, 4.69) is 12.2 Å². The van der Waals surface area contributed by atoms with Gasteiger partial charge in [-0.15, -0.1) is 0 Å². The minimum Gasteiger partial charge on any atom is -0.494 e. The molecule has 0 spiro atoms. The van der Waals surface area contributed by atoms with Crippen LogP contribution >= 0.6 is 0 Å². The topological polar surface area (TPSA) is 41.6 Å². The molecule has 0 fully saturated rings. The molecule has 0 aliphatic heterocycles. The van der Waals surface area contributed by atoms with Gasteiger partial charge in [0.1, 0.15) is 5.75 Å². The first kappa shape index (κ1) is 14.4. The first-order valence-corrected chi connectivity index (χ1v) is 6.50. The number of ether oxygens (including phenoxy) is 1. The number of rotatable bonds is 6. The maximum atomic E-state index is 11.8. The first-order valence-electron chi connectivity index (χ1n) is 6.50. The van der Waals surface area contributed by atoms with E-state index in [0.717, 1.165) is 17.9 Å². The van der Waals surface area contributed by atoms with Crippen molar-refractivity contribution in [3.8, 4) is 5.75 Å². The number of carbonyl (C=O) groups is 1. The Labute approximate surface area is 109 Å². The molecule has 1 aromatic carbocycles. The summed E-state index contributed by atoms with van der Waals surface area (Å²) >= 11 is 0. The van der Waals surface area contributed by atoms with Gasteiger partial charge in [-0.2, -0.15) is 0 Å². The van der Waals surface area contributed by atoms with Gasteiger partial charge in [-0.25, -0.2) is 4.79 Å². The number of nitrogens with one attached hydrogen (secondary N) is 1. The van der Waals surface area contributed by atoms with Crippen LogP contribution in [-0.2, 0) is 0 Å². The van der Waals surface area contributed by atoms with Crippen LogP contribution in [0.15, 0.2) is 24.3 Å². The monoisotopic (exact) mass is 250 g/mol. The van der Waals surface area contributed by atoms with Crippen LogP contribution in [0, 0.1) is 0 Å². The molecular formula is C14H22N2O2. The third-order valence-corrected chi connectivity index (χ3v) is 2.63. The fourth-order valence-electron chi connectivity index (χ4n) is 1.57. The second kappa shape index (κ2) is 7.58. The standard InChI is InChI=1S/C14H22N2O2/c1-4-11-18-13-9-7-12(8-10-13)15-14(17)16(5-2)6-3/h7-10H,4-6,11H2,1-3H3,(H,15,17). The molecule has 100 valence electrons. The summed E-state index contributed by atoms with van der Waals surface area (Å²) in [5.74, 6) is 0.831. The van der Waals surface area contributed by atoms with Crippen molar-refractivity contribution in [2.45, 2.75) is 27.2 Å². The van der Waals surface area contributed by atoms with E-state index in [0.29, 0.717) is 19.7 Å². The molecule has 0 aromatic heterocycles. The van der Waals surface area contributed by atoms with Gasteiger partial charge < -0.3 is 15.0 Å². The SMILES string of the molecule is CCCOc1ccc(NC(=O)N(CC)CC)cc1. The molecule has 1 rings (SSSR count). The van der Waals surface area contributed by atoms with Crippen molar-refractivity contribution in [1.82, 2.24) is 4.90 Å². The van der Waals surface area contributed by atoms with Crippen LogP contribution in [0.3, 0.4) is 0 Å². The minimum atomic E-state index is -0.0674. The summed E-state index contributed by atoms with van der Waals surface area (Å²) in [6, 6.07) is 7.38. The summed E-state index contributed by atoms with van der Waals surface area (Å²) in [4.78, 5) is 13.6. The van der Waals surface area contributed by atoms with Gasteiger partial charge in [-0.3, -0.25) is 0 Å². The summed E-state index contributed by atoms with van der Waals surface area (Å²) in [5.41, 5.74) is 0.788. The Hall–Kier alpha value is -1.71. The van der Waals surface area contributed by atoms with Gasteiger partial charge in [0.25, 0.3) is 0 Å². The summed E-state index contributed by atoms with van der Waals surface area (Å²) in [6.07, 6.45) is 0.987. The van der Waals surface area contributed by atoms with Gasteiger partial charge in [0, 0.05) is 18.8 Å². The number of hydrogen-bond acceptors (Lipinski definition) is 2. The Balaban J connectivity index is 2.55. The second-order valence-corrected chi connectivity index (χ2v) is 3.98. The highest BCUT2D eigenvalue weighted by Gasteiger charge is 2.08. The number of amides is 2. The number of urea groups is 1. The van der Waals surface area contributed by atoms with Crippen LogP contribution in [0.4, 0.5) is 10.5 Å². The van der Waals surface area contributed by atoms with E-state index in [1.54, 1.807) is 4.90 Å². The van der Waals surface area contributed by atoms with Crippen LogP contribution in [0.25, 0.3) is 0 Å². The van der Waals surface area contributed by atoms with Gasteiger partial charge in [-0.1, -0.05) is 6.92 Å². The second-order valence-electron chi connectivity index (χ2n) is 3.98. The van der Waals surface area contributed by atoms with E-state index >= 15 is 0 Å². The molecule has 0 atom stereocenters. The van der Waals surface area contributed by atoms with Crippen molar-refractivity contribution < 1.29 is 9.53 Å². The Morgan fingerprint density at radius 1 is 1.17 bits per heavy atom. The number of carbonyl (C=O) groups excluding carboxylic acids is 1. The Kier molecular flexibility index (Phi) is 6.05. The summed E-state index contributed by atoms with van der Waals surface area (Å²) < 4.78 is 5.48. The summed E-state index contributed by atoms with van der Waals surface area (Å²) in [7, 11) is 0. The lowest BCUT2D eigenvalue weighted by Crippen LogP contribution is -2.34. The Morgan fingerprint density at radius 3 is 2.28 bits per heavy atom. The van der Waals surface area contributed by atoms with Crippen LogP contribution in [0.5, 0.6) is 5.75 Å². The molecule has 1 aromatic rings. The molecule has 0 saturated heterocycles. The molecule has 4 heteroatoms. The molecule has 0 aliphatic carbocycles. The van der Waals surface area contributed by atoms with Gasteiger partial charge in [0.05, 0.1) is 6.61 Å². The van der Waals surface area contributed by atoms with Crippen LogP contribution in [0.2, 0.25) is 0 Å². The van der Waals surface area contributed by atoms with E-state index in [1.165, 1.54) is 0 Å². The van der Waals surface area contributed by atoms with Crippen molar-refractivity contribution >= 4 is 11.7 Å².